The Morgan fingerprint density at radius 3 is 3.29 bits per heavy atom. The molecule has 3 atom stereocenters. The van der Waals surface area contributed by atoms with E-state index in [1.54, 1.807) is 6.20 Å². The Labute approximate surface area is 84.2 Å². The molecule has 14 heavy (non-hydrogen) atoms. The van der Waals surface area contributed by atoms with E-state index >= 15 is 0 Å². The summed E-state index contributed by atoms with van der Waals surface area (Å²) in [4.78, 5) is 4.21. The van der Waals surface area contributed by atoms with Gasteiger partial charge in [-0.05, 0) is 36.3 Å². The van der Waals surface area contributed by atoms with E-state index in [0.29, 0.717) is 24.2 Å². The summed E-state index contributed by atoms with van der Waals surface area (Å²) in [6.07, 6.45) is 2.94. The van der Waals surface area contributed by atoms with E-state index in [4.69, 9.17) is 0 Å². The van der Waals surface area contributed by atoms with E-state index in [9.17, 15) is 4.48 Å². The molecule has 0 radical (unpaired) electrons. The number of pyridine rings is 1. The Balaban J connectivity index is 2.08. The molecule has 74 valence electrons. The molecular weight excluding hydrogens is 198 g/mol. The lowest BCUT2D eigenvalue weighted by atomic mass is 10.1. The molecule has 2 aliphatic rings. The van der Waals surface area contributed by atoms with Crippen LogP contribution in [0.1, 0.15) is 17.9 Å². The minimum Gasteiger partial charge on any atom is -0.236 e. The first-order chi connectivity index (χ1) is 6.79. The van der Waals surface area contributed by atoms with Crippen LogP contribution in [-0.2, 0) is 0 Å². The maximum atomic E-state index is 13.5. The molecule has 2 heterocycles. The highest BCUT2D eigenvalue weighted by atomic mass is 31.1. The van der Waals surface area contributed by atoms with Crippen LogP contribution in [0.15, 0.2) is 12.3 Å². The average Bonchev–Trinajstić information content (AvgIpc) is 2.96. The molecule has 4 heteroatoms. The van der Waals surface area contributed by atoms with Crippen LogP contribution in [0.5, 0.6) is 0 Å². The van der Waals surface area contributed by atoms with Crippen molar-refractivity contribution in [2.45, 2.75) is 12.3 Å². The Bertz CT molecular complexity index is 382. The first kappa shape index (κ1) is 8.60. The first-order valence-corrected chi connectivity index (χ1v) is 6.40. The second-order valence-electron chi connectivity index (χ2n) is 4.03. The molecule has 0 N–H and O–H groups in total. The van der Waals surface area contributed by atoms with Crippen LogP contribution >= 0.6 is 8.58 Å². The quantitative estimate of drug-likeness (QED) is 0.519. The van der Waals surface area contributed by atoms with Gasteiger partial charge in [0.1, 0.15) is 0 Å². The van der Waals surface area contributed by atoms with E-state index in [-0.39, 0.29) is 0 Å². The van der Waals surface area contributed by atoms with Crippen molar-refractivity contribution >= 4 is 19.7 Å². The van der Waals surface area contributed by atoms with Gasteiger partial charge >= 0.3 is 0 Å². The van der Waals surface area contributed by atoms with Crippen molar-refractivity contribution in [1.29, 1.82) is 0 Å². The van der Waals surface area contributed by atoms with Gasteiger partial charge in [0.15, 0.2) is 5.82 Å². The second-order valence-corrected chi connectivity index (χ2v) is 5.11. The summed E-state index contributed by atoms with van der Waals surface area (Å²) in [6.45, 7) is 2.67. The maximum Gasteiger partial charge on any atom is 0.160 e. The highest BCUT2D eigenvalue weighted by Crippen LogP contribution is 2.53. The van der Waals surface area contributed by atoms with E-state index in [1.807, 2.05) is 0 Å². The van der Waals surface area contributed by atoms with E-state index < -0.39 is 0 Å². The molecule has 1 aromatic heterocycles. The predicted octanol–water partition coefficient (Wildman–Crippen LogP) is 1.82. The number of hydrogen-bond acceptors (Lipinski definition) is 2. The maximum absolute atomic E-state index is 13.5. The molecule has 0 saturated heterocycles. The number of anilines is 1. The van der Waals surface area contributed by atoms with Gasteiger partial charge in [-0.2, -0.15) is 5.12 Å². The molecule has 0 spiro atoms. The molecular formula is C10H12FN2P. The van der Waals surface area contributed by atoms with Crippen LogP contribution in [0.4, 0.5) is 10.3 Å². The van der Waals surface area contributed by atoms with Crippen molar-refractivity contribution in [3.05, 3.63) is 17.8 Å². The van der Waals surface area contributed by atoms with Crippen LogP contribution in [0.3, 0.4) is 0 Å². The van der Waals surface area contributed by atoms with Crippen molar-refractivity contribution in [2.24, 2.45) is 5.92 Å². The lowest BCUT2D eigenvalue weighted by Crippen LogP contribution is -2.23. The monoisotopic (exact) mass is 210 g/mol. The Hall–Kier alpha value is -0.690. The van der Waals surface area contributed by atoms with Gasteiger partial charge in [0.2, 0.25) is 0 Å². The minimum atomic E-state index is 0.540. The molecule has 3 rings (SSSR count). The topological polar surface area (TPSA) is 16.1 Å². The Morgan fingerprint density at radius 2 is 2.50 bits per heavy atom. The molecule has 3 unspecified atom stereocenters. The lowest BCUT2D eigenvalue weighted by molar-refractivity contribution is 0.403. The van der Waals surface area contributed by atoms with Crippen molar-refractivity contribution in [2.75, 3.05) is 18.3 Å². The molecule has 1 aliphatic heterocycles. The van der Waals surface area contributed by atoms with Crippen LogP contribution in [0.25, 0.3) is 0 Å². The van der Waals surface area contributed by atoms with Crippen molar-refractivity contribution < 1.29 is 4.48 Å². The van der Waals surface area contributed by atoms with Crippen LogP contribution in [-0.4, -0.2) is 18.2 Å². The molecule has 1 saturated carbocycles. The van der Waals surface area contributed by atoms with Crippen molar-refractivity contribution in [3.63, 3.8) is 0 Å². The zero-order valence-electron chi connectivity index (χ0n) is 8.00. The third kappa shape index (κ3) is 1.15. The van der Waals surface area contributed by atoms with Gasteiger partial charge in [0.25, 0.3) is 0 Å². The predicted molar refractivity (Wildman–Crippen MR) is 57.4 cm³/mol. The number of nitrogens with zero attached hydrogens (tertiary/aromatic N) is 2. The Kier molecular flexibility index (Phi) is 1.78. The number of halogens is 1. The third-order valence-electron chi connectivity index (χ3n) is 3.13. The fourth-order valence-electron chi connectivity index (χ4n) is 2.21. The fraction of sp³-hybridized carbons (Fsp3) is 0.500. The van der Waals surface area contributed by atoms with Gasteiger partial charge in [-0.3, -0.25) is 0 Å². The van der Waals surface area contributed by atoms with Crippen LogP contribution in [0.2, 0.25) is 0 Å². The highest BCUT2D eigenvalue weighted by molar-refractivity contribution is 7.46. The number of fused-ring (bicyclic) bond motifs is 3. The summed E-state index contributed by atoms with van der Waals surface area (Å²) in [5, 5.41) is 2.05. The van der Waals surface area contributed by atoms with Gasteiger partial charge in [-0.1, -0.05) is 13.1 Å². The highest BCUT2D eigenvalue weighted by Gasteiger charge is 2.46. The minimum absolute atomic E-state index is 0.540. The molecule has 2 nitrogen and oxygen atoms in total. The second kappa shape index (κ2) is 2.90. The third-order valence-corrected chi connectivity index (χ3v) is 3.98. The summed E-state index contributed by atoms with van der Waals surface area (Å²) < 4.78 is 13.5. The standard InChI is InChI=1S/C10H12FN2P/c1-14-7-3-9-8-2-6(8)5-13(11)10(9)12-4-7/h3-4,6,8,14H,2,5H2,1H3. The molecule has 0 aromatic carbocycles. The van der Waals surface area contributed by atoms with Gasteiger partial charge < -0.3 is 0 Å². The summed E-state index contributed by atoms with van der Waals surface area (Å²) >= 11 is 0. The number of rotatable bonds is 1. The first-order valence-electron chi connectivity index (χ1n) is 4.90. The zero-order valence-corrected chi connectivity index (χ0v) is 9.00. The van der Waals surface area contributed by atoms with Crippen LogP contribution in [0, 0.1) is 5.92 Å². The van der Waals surface area contributed by atoms with E-state index in [2.05, 4.69) is 17.7 Å². The molecule has 1 aliphatic carbocycles. The lowest BCUT2D eigenvalue weighted by Gasteiger charge is -2.21. The Morgan fingerprint density at radius 1 is 1.64 bits per heavy atom. The summed E-state index contributed by atoms with van der Waals surface area (Å²) in [7, 11) is 0.748. The van der Waals surface area contributed by atoms with E-state index in [0.717, 1.165) is 25.7 Å². The van der Waals surface area contributed by atoms with Crippen LogP contribution < -0.4 is 10.4 Å². The van der Waals surface area contributed by atoms with Gasteiger partial charge in [0, 0.05) is 11.8 Å². The smallest absolute Gasteiger partial charge is 0.160 e. The summed E-state index contributed by atoms with van der Waals surface area (Å²) in [6, 6.07) is 2.14. The number of aromatic nitrogens is 1. The summed E-state index contributed by atoms with van der Waals surface area (Å²) in [5.41, 5.74) is 1.13. The van der Waals surface area contributed by atoms with Gasteiger partial charge in [0.05, 0.1) is 6.54 Å². The SMILES string of the molecule is CPc1cnc2c(c1)C1CC1CN2F. The number of hydrogen-bond donors (Lipinski definition) is 0. The molecule has 0 amide bonds. The van der Waals surface area contributed by atoms with Gasteiger partial charge in [-0.15, -0.1) is 0 Å². The molecule has 0 bridgehead atoms. The largest absolute Gasteiger partial charge is 0.236 e. The fourth-order valence-corrected chi connectivity index (χ4v) is 2.70. The zero-order chi connectivity index (χ0) is 9.71. The average molecular weight is 210 g/mol. The summed E-state index contributed by atoms with van der Waals surface area (Å²) in [5.74, 6) is 1.70. The normalized spacial score (nSPS) is 29.1. The van der Waals surface area contributed by atoms with Crippen molar-refractivity contribution in [1.82, 2.24) is 4.98 Å². The van der Waals surface area contributed by atoms with Gasteiger partial charge in [-0.25, -0.2) is 4.98 Å². The molecule has 1 aromatic rings. The van der Waals surface area contributed by atoms with Crippen molar-refractivity contribution in [3.8, 4) is 0 Å². The molecule has 1 fully saturated rings. The van der Waals surface area contributed by atoms with E-state index in [1.165, 1.54) is 5.30 Å².